The summed E-state index contributed by atoms with van der Waals surface area (Å²) in [5.74, 6) is 1.22. The maximum absolute atomic E-state index is 13.0. The lowest BCUT2D eigenvalue weighted by Crippen LogP contribution is -2.48. The van der Waals surface area contributed by atoms with Gasteiger partial charge in [0.15, 0.2) is 5.76 Å². The number of carbonyl (C=O) groups excluding carboxylic acids is 1. The van der Waals surface area contributed by atoms with E-state index in [2.05, 4.69) is 34.3 Å². The van der Waals surface area contributed by atoms with Crippen LogP contribution in [0.5, 0.6) is 5.75 Å². The van der Waals surface area contributed by atoms with E-state index in [4.69, 9.17) is 9.26 Å². The Balaban J connectivity index is 1.41. The van der Waals surface area contributed by atoms with Crippen molar-refractivity contribution < 1.29 is 14.1 Å². The van der Waals surface area contributed by atoms with Gasteiger partial charge >= 0.3 is 0 Å². The zero-order valence-electron chi connectivity index (χ0n) is 15.9. The lowest BCUT2D eigenvalue weighted by molar-refractivity contribution is 0.0629. The van der Waals surface area contributed by atoms with Crippen molar-refractivity contribution in [3.63, 3.8) is 0 Å². The molecule has 1 saturated heterocycles. The first-order chi connectivity index (χ1) is 13.7. The van der Waals surface area contributed by atoms with Crippen LogP contribution in [-0.4, -0.2) is 54.2 Å². The van der Waals surface area contributed by atoms with Crippen LogP contribution in [0.1, 0.15) is 15.9 Å². The largest absolute Gasteiger partial charge is 0.497 e. The number of hydrogen-bond acceptors (Lipinski definition) is 5. The predicted molar refractivity (Wildman–Crippen MR) is 106 cm³/mol. The van der Waals surface area contributed by atoms with Gasteiger partial charge in [-0.2, -0.15) is 0 Å². The molecule has 0 atom stereocenters. The van der Waals surface area contributed by atoms with Crippen molar-refractivity contribution in [3.05, 3.63) is 71.9 Å². The number of ether oxygens (including phenoxy) is 1. The molecular formula is C22H23N3O3. The average Bonchev–Trinajstić information content (AvgIpc) is 3.24. The van der Waals surface area contributed by atoms with Gasteiger partial charge in [0.2, 0.25) is 0 Å². The molecule has 0 spiro atoms. The van der Waals surface area contributed by atoms with Gasteiger partial charge in [0.05, 0.1) is 13.3 Å². The fourth-order valence-electron chi connectivity index (χ4n) is 3.46. The van der Waals surface area contributed by atoms with Gasteiger partial charge in [-0.1, -0.05) is 35.5 Å². The Labute approximate surface area is 164 Å². The maximum atomic E-state index is 13.0. The van der Waals surface area contributed by atoms with Crippen molar-refractivity contribution in [2.45, 2.75) is 6.54 Å². The molecule has 6 nitrogen and oxygen atoms in total. The molecule has 28 heavy (non-hydrogen) atoms. The standard InChI is InChI=1S/C22H23N3O3/c1-27-19-9-7-18(8-10-19)21-20(15-23-28-21)22(26)25-13-11-24(12-14-25)16-17-5-3-2-4-6-17/h2-10,15H,11-14,16H2,1H3. The first-order valence-corrected chi connectivity index (χ1v) is 9.39. The number of rotatable bonds is 5. The van der Waals surface area contributed by atoms with Crippen LogP contribution in [0, 0.1) is 0 Å². The third kappa shape index (κ3) is 3.92. The topological polar surface area (TPSA) is 58.8 Å². The fraction of sp³-hybridized carbons (Fsp3) is 0.273. The summed E-state index contributed by atoms with van der Waals surface area (Å²) in [5, 5.41) is 3.86. The van der Waals surface area contributed by atoms with E-state index >= 15 is 0 Å². The van der Waals surface area contributed by atoms with Gasteiger partial charge in [-0.25, -0.2) is 0 Å². The minimum absolute atomic E-state index is 0.0357. The van der Waals surface area contributed by atoms with Crippen LogP contribution in [0.4, 0.5) is 0 Å². The fourth-order valence-corrected chi connectivity index (χ4v) is 3.46. The van der Waals surface area contributed by atoms with E-state index in [1.54, 1.807) is 7.11 Å². The highest BCUT2D eigenvalue weighted by molar-refractivity contribution is 5.99. The molecule has 0 saturated carbocycles. The second-order valence-electron chi connectivity index (χ2n) is 6.85. The first kappa shape index (κ1) is 18.3. The van der Waals surface area contributed by atoms with Crippen LogP contribution in [0.15, 0.2) is 65.3 Å². The summed E-state index contributed by atoms with van der Waals surface area (Å²) < 4.78 is 10.6. The van der Waals surface area contributed by atoms with E-state index in [1.165, 1.54) is 11.8 Å². The normalized spacial score (nSPS) is 14.8. The van der Waals surface area contributed by atoms with Gasteiger partial charge in [0.25, 0.3) is 5.91 Å². The minimum Gasteiger partial charge on any atom is -0.497 e. The summed E-state index contributed by atoms with van der Waals surface area (Å²) in [7, 11) is 1.62. The van der Waals surface area contributed by atoms with Crippen molar-refractivity contribution in [2.75, 3.05) is 33.3 Å². The summed E-state index contributed by atoms with van der Waals surface area (Å²) in [6, 6.07) is 17.8. The van der Waals surface area contributed by atoms with Crippen LogP contribution in [0.2, 0.25) is 0 Å². The SMILES string of the molecule is COc1ccc(-c2oncc2C(=O)N2CCN(Cc3ccccc3)CC2)cc1. The van der Waals surface area contributed by atoms with E-state index in [9.17, 15) is 4.79 Å². The smallest absolute Gasteiger partial charge is 0.259 e. The van der Waals surface area contributed by atoms with E-state index < -0.39 is 0 Å². The Bertz CT molecular complexity index is 914. The van der Waals surface area contributed by atoms with E-state index in [0.29, 0.717) is 24.4 Å². The third-order valence-electron chi connectivity index (χ3n) is 5.06. The van der Waals surface area contributed by atoms with Gasteiger partial charge in [0.1, 0.15) is 11.3 Å². The number of piperazine rings is 1. The van der Waals surface area contributed by atoms with Crippen molar-refractivity contribution in [1.29, 1.82) is 0 Å². The molecule has 1 aliphatic rings. The first-order valence-electron chi connectivity index (χ1n) is 9.39. The van der Waals surface area contributed by atoms with Gasteiger partial charge < -0.3 is 14.2 Å². The third-order valence-corrected chi connectivity index (χ3v) is 5.06. The number of methoxy groups -OCH3 is 1. The number of benzene rings is 2. The summed E-state index contributed by atoms with van der Waals surface area (Å²) in [5.41, 5.74) is 2.61. The molecule has 2 heterocycles. The summed E-state index contributed by atoms with van der Waals surface area (Å²) in [6.45, 7) is 4.00. The highest BCUT2D eigenvalue weighted by Crippen LogP contribution is 2.27. The molecule has 0 bridgehead atoms. The molecule has 1 aromatic heterocycles. The van der Waals surface area contributed by atoms with Crippen molar-refractivity contribution >= 4 is 5.91 Å². The Morgan fingerprint density at radius 3 is 2.43 bits per heavy atom. The number of aromatic nitrogens is 1. The van der Waals surface area contributed by atoms with Crippen LogP contribution in [-0.2, 0) is 6.54 Å². The molecule has 0 aliphatic carbocycles. The Kier molecular flexibility index (Phi) is 5.39. The molecule has 6 heteroatoms. The molecule has 1 amide bonds. The van der Waals surface area contributed by atoms with E-state index in [0.717, 1.165) is 30.9 Å². The summed E-state index contributed by atoms with van der Waals surface area (Å²) in [4.78, 5) is 17.3. The van der Waals surface area contributed by atoms with Gasteiger partial charge in [-0.3, -0.25) is 9.69 Å². The summed E-state index contributed by atoms with van der Waals surface area (Å²) >= 11 is 0. The summed E-state index contributed by atoms with van der Waals surface area (Å²) in [6.07, 6.45) is 1.51. The predicted octanol–water partition coefficient (Wildman–Crippen LogP) is 3.31. The lowest BCUT2D eigenvalue weighted by atomic mass is 10.1. The molecule has 4 rings (SSSR count). The van der Waals surface area contributed by atoms with Crippen molar-refractivity contribution in [2.24, 2.45) is 0 Å². The van der Waals surface area contributed by atoms with Crippen molar-refractivity contribution in [1.82, 2.24) is 15.0 Å². The maximum Gasteiger partial charge on any atom is 0.259 e. The highest BCUT2D eigenvalue weighted by Gasteiger charge is 2.26. The van der Waals surface area contributed by atoms with Crippen LogP contribution >= 0.6 is 0 Å². The molecule has 0 radical (unpaired) electrons. The molecule has 1 fully saturated rings. The Morgan fingerprint density at radius 2 is 1.75 bits per heavy atom. The van der Waals surface area contributed by atoms with E-state index in [-0.39, 0.29) is 5.91 Å². The Hall–Kier alpha value is -3.12. The second kappa shape index (κ2) is 8.27. The number of carbonyl (C=O) groups is 1. The lowest BCUT2D eigenvalue weighted by Gasteiger charge is -2.34. The van der Waals surface area contributed by atoms with Crippen molar-refractivity contribution in [3.8, 4) is 17.1 Å². The Morgan fingerprint density at radius 1 is 1.04 bits per heavy atom. The zero-order valence-corrected chi connectivity index (χ0v) is 15.9. The van der Waals surface area contributed by atoms with Gasteiger partial charge in [0, 0.05) is 38.3 Å². The monoisotopic (exact) mass is 377 g/mol. The number of hydrogen-bond donors (Lipinski definition) is 0. The second-order valence-corrected chi connectivity index (χ2v) is 6.85. The van der Waals surface area contributed by atoms with Gasteiger partial charge in [-0.15, -0.1) is 0 Å². The quantitative estimate of drug-likeness (QED) is 0.683. The molecule has 144 valence electrons. The minimum atomic E-state index is -0.0357. The molecule has 2 aromatic carbocycles. The molecule has 0 unspecified atom stereocenters. The van der Waals surface area contributed by atoms with Crippen LogP contribution < -0.4 is 4.74 Å². The zero-order chi connectivity index (χ0) is 19.3. The molecule has 3 aromatic rings. The molecule has 1 aliphatic heterocycles. The average molecular weight is 377 g/mol. The van der Waals surface area contributed by atoms with E-state index in [1.807, 2.05) is 35.2 Å². The van der Waals surface area contributed by atoms with Crippen LogP contribution in [0.3, 0.4) is 0 Å². The van der Waals surface area contributed by atoms with Crippen LogP contribution in [0.25, 0.3) is 11.3 Å². The number of nitrogens with zero attached hydrogens (tertiary/aromatic N) is 3. The number of amides is 1. The van der Waals surface area contributed by atoms with Gasteiger partial charge in [-0.05, 0) is 29.8 Å². The highest BCUT2D eigenvalue weighted by atomic mass is 16.5. The molecular weight excluding hydrogens is 354 g/mol. The molecule has 0 N–H and O–H groups in total.